The summed E-state index contributed by atoms with van der Waals surface area (Å²) in [5, 5.41) is 0. The van der Waals surface area contributed by atoms with E-state index in [0.717, 1.165) is 24.8 Å². The minimum absolute atomic E-state index is 0.00100. The zero-order valence-corrected chi connectivity index (χ0v) is 10.5. The number of unbranched alkanes of at least 4 members (excludes halogenated alkanes) is 1. The van der Waals surface area contributed by atoms with E-state index in [0.29, 0.717) is 0 Å². The molecule has 2 unspecified atom stereocenters. The van der Waals surface area contributed by atoms with Gasteiger partial charge >= 0.3 is 0 Å². The number of hydrogen-bond acceptors (Lipinski definition) is 2. The van der Waals surface area contributed by atoms with Gasteiger partial charge in [-0.05, 0) is 30.5 Å². The molecule has 16 heavy (non-hydrogen) atoms. The lowest BCUT2D eigenvalue weighted by molar-refractivity contribution is 0.549. The van der Waals surface area contributed by atoms with Crippen LogP contribution in [-0.4, -0.2) is 17.5 Å². The Hall–Kier alpha value is -0.560. The van der Waals surface area contributed by atoms with Crippen LogP contribution < -0.4 is 0 Å². The lowest BCUT2D eigenvalue weighted by Gasteiger charge is -2.05. The lowest BCUT2D eigenvalue weighted by atomic mass is 10.1. The Morgan fingerprint density at radius 2 is 1.75 bits per heavy atom. The minimum atomic E-state index is -2.23. The standard InChI is InChI=1S/C10H14O4S2/c1-2-3-4-8-5-6-9(15(11)12)10(7-8)16(13)14/h5-7H,2-4H2,1H3,(H,11,12)(H,13,14). The fraction of sp³-hybridized carbons (Fsp3) is 0.400. The molecule has 1 aromatic rings. The Kier molecular flexibility index (Phi) is 5.27. The molecule has 0 aliphatic heterocycles. The molecule has 0 spiro atoms. The monoisotopic (exact) mass is 262 g/mol. The summed E-state index contributed by atoms with van der Waals surface area (Å²) in [6, 6.07) is 4.68. The Labute approximate surface area is 99.6 Å². The van der Waals surface area contributed by atoms with Gasteiger partial charge in [0.1, 0.15) is 0 Å². The first-order chi connectivity index (χ1) is 7.56. The third-order valence-electron chi connectivity index (χ3n) is 2.20. The molecule has 1 rings (SSSR count). The molecule has 2 atom stereocenters. The maximum Gasteiger partial charge on any atom is 0.187 e. The van der Waals surface area contributed by atoms with Crippen LogP contribution >= 0.6 is 0 Å². The molecule has 0 aliphatic carbocycles. The summed E-state index contributed by atoms with van der Waals surface area (Å²) >= 11 is -4.46. The highest BCUT2D eigenvalue weighted by Gasteiger charge is 2.13. The molecule has 2 N–H and O–H groups in total. The van der Waals surface area contributed by atoms with Gasteiger partial charge in [-0.25, -0.2) is 8.42 Å². The average Bonchev–Trinajstić information content (AvgIpc) is 2.25. The molecule has 0 fully saturated rings. The van der Waals surface area contributed by atoms with Gasteiger partial charge < -0.3 is 9.11 Å². The van der Waals surface area contributed by atoms with Crippen LogP contribution in [0.15, 0.2) is 28.0 Å². The summed E-state index contributed by atoms with van der Waals surface area (Å²) < 4.78 is 39.9. The summed E-state index contributed by atoms with van der Waals surface area (Å²) in [7, 11) is 0. The first-order valence-electron chi connectivity index (χ1n) is 4.91. The fourth-order valence-electron chi connectivity index (χ4n) is 1.37. The van der Waals surface area contributed by atoms with Gasteiger partial charge in [-0.3, -0.25) is 0 Å². The van der Waals surface area contributed by atoms with Crippen molar-refractivity contribution in [3.8, 4) is 0 Å². The maximum atomic E-state index is 11.0. The van der Waals surface area contributed by atoms with E-state index in [4.69, 9.17) is 9.11 Å². The van der Waals surface area contributed by atoms with Crippen molar-refractivity contribution in [2.45, 2.75) is 36.0 Å². The molecule has 0 aliphatic rings. The predicted molar refractivity (Wildman–Crippen MR) is 63.1 cm³/mol. The third kappa shape index (κ3) is 3.48. The van der Waals surface area contributed by atoms with Gasteiger partial charge in [0.05, 0.1) is 9.79 Å². The van der Waals surface area contributed by atoms with E-state index >= 15 is 0 Å². The van der Waals surface area contributed by atoms with E-state index in [1.54, 1.807) is 6.07 Å². The predicted octanol–water partition coefficient (Wildman–Crippen LogP) is 2.19. The van der Waals surface area contributed by atoms with E-state index in [1.807, 2.05) is 0 Å². The van der Waals surface area contributed by atoms with Crippen molar-refractivity contribution in [2.24, 2.45) is 0 Å². The van der Waals surface area contributed by atoms with Crippen molar-refractivity contribution < 1.29 is 17.5 Å². The Balaban J connectivity index is 3.07. The van der Waals surface area contributed by atoms with Crippen LogP contribution in [0.1, 0.15) is 25.3 Å². The minimum Gasteiger partial charge on any atom is -0.302 e. The molecule has 1 aromatic carbocycles. The second-order valence-corrected chi connectivity index (χ2v) is 5.26. The molecule has 0 saturated carbocycles. The molecular formula is C10H14O4S2. The average molecular weight is 262 g/mol. The number of benzene rings is 1. The summed E-state index contributed by atoms with van der Waals surface area (Å²) in [6.07, 6.45) is 2.82. The number of rotatable bonds is 5. The lowest BCUT2D eigenvalue weighted by Crippen LogP contribution is -2.00. The Morgan fingerprint density at radius 1 is 1.12 bits per heavy atom. The largest absolute Gasteiger partial charge is 0.302 e. The quantitative estimate of drug-likeness (QED) is 0.798. The van der Waals surface area contributed by atoms with Gasteiger partial charge in [-0.1, -0.05) is 19.4 Å². The first-order valence-corrected chi connectivity index (χ1v) is 7.12. The second-order valence-electron chi connectivity index (χ2n) is 3.38. The van der Waals surface area contributed by atoms with Gasteiger partial charge in [0.2, 0.25) is 0 Å². The third-order valence-corrected chi connectivity index (χ3v) is 3.78. The van der Waals surface area contributed by atoms with Crippen LogP contribution in [0.4, 0.5) is 0 Å². The highest BCUT2D eigenvalue weighted by Crippen LogP contribution is 2.19. The molecule has 0 amide bonds. The molecule has 6 heteroatoms. The van der Waals surface area contributed by atoms with Gasteiger partial charge in [0.25, 0.3) is 0 Å². The van der Waals surface area contributed by atoms with Crippen molar-refractivity contribution in [1.82, 2.24) is 0 Å². The first kappa shape index (κ1) is 13.5. The van der Waals surface area contributed by atoms with Crippen molar-refractivity contribution in [2.75, 3.05) is 0 Å². The molecule has 0 aromatic heterocycles. The molecule has 0 saturated heterocycles. The molecule has 0 radical (unpaired) electrons. The van der Waals surface area contributed by atoms with Gasteiger partial charge in [0.15, 0.2) is 22.2 Å². The highest BCUT2D eigenvalue weighted by atomic mass is 32.2. The van der Waals surface area contributed by atoms with Gasteiger partial charge in [-0.2, -0.15) is 0 Å². The van der Waals surface area contributed by atoms with Crippen molar-refractivity contribution in [3.63, 3.8) is 0 Å². The number of hydrogen-bond donors (Lipinski definition) is 2. The molecule has 0 bridgehead atoms. The van der Waals surface area contributed by atoms with Crippen LogP contribution in [0.5, 0.6) is 0 Å². The fourth-order valence-corrected chi connectivity index (χ4v) is 2.71. The van der Waals surface area contributed by atoms with Crippen LogP contribution in [0.2, 0.25) is 0 Å². The maximum absolute atomic E-state index is 11.0. The normalized spacial score (nSPS) is 14.7. The van der Waals surface area contributed by atoms with Gasteiger partial charge in [0, 0.05) is 0 Å². The second kappa shape index (κ2) is 6.24. The number of aryl methyl sites for hydroxylation is 1. The van der Waals surface area contributed by atoms with Crippen molar-refractivity contribution >= 4 is 22.2 Å². The molecule has 90 valence electrons. The van der Waals surface area contributed by atoms with E-state index in [9.17, 15) is 8.42 Å². The molecule has 0 heterocycles. The van der Waals surface area contributed by atoms with E-state index < -0.39 is 22.2 Å². The van der Waals surface area contributed by atoms with Crippen molar-refractivity contribution in [1.29, 1.82) is 0 Å². The van der Waals surface area contributed by atoms with E-state index in [1.165, 1.54) is 12.1 Å². The Morgan fingerprint density at radius 3 is 2.25 bits per heavy atom. The van der Waals surface area contributed by atoms with Crippen molar-refractivity contribution in [3.05, 3.63) is 23.8 Å². The zero-order chi connectivity index (χ0) is 12.1. The Bertz CT molecular complexity index is 417. The topological polar surface area (TPSA) is 74.6 Å². The summed E-state index contributed by atoms with van der Waals surface area (Å²) in [4.78, 5) is 0.0236. The summed E-state index contributed by atoms with van der Waals surface area (Å²) in [6.45, 7) is 2.06. The van der Waals surface area contributed by atoms with E-state index in [-0.39, 0.29) is 9.79 Å². The summed E-state index contributed by atoms with van der Waals surface area (Å²) in [5.74, 6) is 0. The van der Waals surface area contributed by atoms with Gasteiger partial charge in [-0.15, -0.1) is 0 Å². The zero-order valence-electron chi connectivity index (χ0n) is 8.88. The highest BCUT2D eigenvalue weighted by molar-refractivity contribution is 7.82. The van der Waals surface area contributed by atoms with Crippen LogP contribution in [0, 0.1) is 0 Å². The molecule has 4 nitrogen and oxygen atoms in total. The SMILES string of the molecule is CCCCc1ccc(S(=O)O)c(S(=O)O)c1. The summed E-state index contributed by atoms with van der Waals surface area (Å²) in [5.41, 5.74) is 0.911. The smallest absolute Gasteiger partial charge is 0.187 e. The van der Waals surface area contributed by atoms with Crippen LogP contribution in [0.25, 0.3) is 0 Å². The van der Waals surface area contributed by atoms with E-state index in [2.05, 4.69) is 6.92 Å². The van der Waals surface area contributed by atoms with Crippen LogP contribution in [-0.2, 0) is 28.6 Å². The molecular weight excluding hydrogens is 248 g/mol. The van der Waals surface area contributed by atoms with Crippen LogP contribution in [0.3, 0.4) is 0 Å².